The fraction of sp³-hybridized carbons (Fsp3) is 0.452. The Hall–Kier alpha value is -4.23. The Kier molecular flexibility index (Phi) is 9.07. The van der Waals surface area contributed by atoms with Gasteiger partial charge in [-0.05, 0) is 53.2 Å². The van der Waals surface area contributed by atoms with Gasteiger partial charge >= 0.3 is 5.97 Å². The number of aromatic nitrogens is 5. The van der Waals surface area contributed by atoms with E-state index in [0.717, 1.165) is 6.20 Å². The van der Waals surface area contributed by atoms with Crippen LogP contribution in [-0.4, -0.2) is 61.0 Å². The molecule has 0 radical (unpaired) electrons. The van der Waals surface area contributed by atoms with Crippen molar-refractivity contribution in [3.8, 4) is 22.9 Å². The normalized spacial score (nSPS) is 18.2. The Labute approximate surface area is 253 Å². The van der Waals surface area contributed by atoms with Crippen LogP contribution in [0, 0.1) is 11.6 Å². The average Bonchev–Trinajstić information content (AvgIpc) is 3.59. The van der Waals surface area contributed by atoms with E-state index in [0.29, 0.717) is 42.0 Å². The van der Waals surface area contributed by atoms with Crippen molar-refractivity contribution in [3.05, 3.63) is 66.1 Å². The topological polar surface area (TPSA) is 126 Å². The summed E-state index contributed by atoms with van der Waals surface area (Å²) in [5, 5.41) is 11.6. The van der Waals surface area contributed by atoms with Crippen LogP contribution in [0.5, 0.6) is 0 Å². The monoisotopic (exact) mass is 610 g/mol. The Morgan fingerprint density at radius 2 is 1.89 bits per heavy atom. The van der Waals surface area contributed by atoms with E-state index < -0.39 is 17.2 Å². The third kappa shape index (κ3) is 8.03. The summed E-state index contributed by atoms with van der Waals surface area (Å²) in [5.74, 6) is -2.06. The van der Waals surface area contributed by atoms with Crippen molar-refractivity contribution in [2.75, 3.05) is 11.9 Å². The number of halogens is 2. The Morgan fingerprint density at radius 1 is 1.11 bits per heavy atom. The van der Waals surface area contributed by atoms with Crippen molar-refractivity contribution in [1.29, 1.82) is 0 Å². The fourth-order valence-corrected chi connectivity index (χ4v) is 5.04. The van der Waals surface area contributed by atoms with Crippen molar-refractivity contribution >= 4 is 11.8 Å². The number of nitrogens with one attached hydrogen (secondary N) is 1. The smallest absolute Gasteiger partial charge is 0.308 e. The fourth-order valence-electron chi connectivity index (χ4n) is 5.04. The number of rotatable bonds is 10. The molecule has 0 amide bonds. The number of esters is 1. The van der Waals surface area contributed by atoms with Crippen LogP contribution in [0.1, 0.15) is 59.4 Å². The molecule has 1 saturated heterocycles. The highest BCUT2D eigenvalue weighted by molar-refractivity contribution is 5.70. The summed E-state index contributed by atoms with van der Waals surface area (Å²) in [7, 11) is 0. The van der Waals surface area contributed by atoms with E-state index in [1.165, 1.54) is 12.3 Å². The predicted molar refractivity (Wildman–Crippen MR) is 156 cm³/mol. The first-order valence-corrected chi connectivity index (χ1v) is 14.4. The molecule has 4 heterocycles. The molecular weight excluding hydrogens is 574 g/mol. The van der Waals surface area contributed by atoms with Crippen LogP contribution in [0.25, 0.3) is 22.9 Å². The third-order valence-corrected chi connectivity index (χ3v) is 6.73. The van der Waals surface area contributed by atoms with Gasteiger partial charge < -0.3 is 24.1 Å². The van der Waals surface area contributed by atoms with Gasteiger partial charge in [-0.25, -0.2) is 18.7 Å². The standard InChI is InChI=1S/C31H36F2N6O5/c1-30(2,3)44-27(40)15-21-14-20(42-31(4,5)43-21)10-12-34-28-23(33)17-35-29(36-28)25-16-26(24-11-13-41-38-24)39(37-25)18-19-8-6-7-9-22(19)32/h6-9,11,13,16-17,20-21H,10,12,14-15,18H2,1-5H3,(H,34,35,36)/t20-,21-/m1/s1. The minimum Gasteiger partial charge on any atom is -0.460 e. The Balaban J connectivity index is 1.28. The SMILES string of the molecule is CC(C)(C)OC(=O)C[C@H]1C[C@@H](CCNc2nc(-c3cc(-c4ccon4)n(Cc4ccccc4F)n3)ncc2F)OC(C)(C)O1. The summed E-state index contributed by atoms with van der Waals surface area (Å²) < 4.78 is 53.2. The highest BCUT2D eigenvalue weighted by Crippen LogP contribution is 2.31. The largest absolute Gasteiger partial charge is 0.460 e. The maximum atomic E-state index is 14.8. The van der Waals surface area contributed by atoms with E-state index in [1.54, 1.807) is 48.9 Å². The molecule has 4 aromatic rings. The van der Waals surface area contributed by atoms with Gasteiger partial charge in [-0.15, -0.1) is 0 Å². The second kappa shape index (κ2) is 12.8. The van der Waals surface area contributed by atoms with Gasteiger partial charge in [0.05, 0.1) is 37.1 Å². The van der Waals surface area contributed by atoms with Crippen LogP contribution in [0.3, 0.4) is 0 Å². The lowest BCUT2D eigenvalue weighted by Crippen LogP contribution is -2.46. The van der Waals surface area contributed by atoms with Crippen LogP contribution >= 0.6 is 0 Å². The summed E-state index contributed by atoms with van der Waals surface area (Å²) in [4.78, 5) is 20.9. The Morgan fingerprint density at radius 3 is 2.61 bits per heavy atom. The first-order chi connectivity index (χ1) is 20.8. The van der Waals surface area contributed by atoms with Gasteiger partial charge in [-0.3, -0.25) is 9.48 Å². The minimum absolute atomic E-state index is 0.00161. The molecule has 1 aromatic carbocycles. The second-order valence-corrected chi connectivity index (χ2v) is 12.1. The van der Waals surface area contributed by atoms with Gasteiger partial charge in [0.25, 0.3) is 0 Å². The summed E-state index contributed by atoms with van der Waals surface area (Å²) in [6, 6.07) is 9.76. The lowest BCUT2D eigenvalue weighted by Gasteiger charge is -2.40. The van der Waals surface area contributed by atoms with Gasteiger partial charge in [0.15, 0.2) is 23.2 Å². The first kappa shape index (κ1) is 31.2. The van der Waals surface area contributed by atoms with Crippen LogP contribution in [0.15, 0.2) is 53.4 Å². The van der Waals surface area contributed by atoms with Crippen molar-refractivity contribution in [2.45, 2.75) is 84.0 Å². The number of anilines is 1. The maximum absolute atomic E-state index is 14.8. The molecule has 0 saturated carbocycles. The molecule has 5 rings (SSSR count). The highest BCUT2D eigenvalue weighted by atomic mass is 19.1. The Bertz CT molecular complexity index is 1580. The molecule has 1 aliphatic heterocycles. The third-order valence-electron chi connectivity index (χ3n) is 6.73. The number of benzene rings is 1. The number of carbonyl (C=O) groups excluding carboxylic acids is 1. The number of nitrogens with zero attached hydrogens (tertiary/aromatic N) is 5. The molecule has 11 nitrogen and oxygen atoms in total. The second-order valence-electron chi connectivity index (χ2n) is 12.1. The van der Waals surface area contributed by atoms with Crippen LogP contribution < -0.4 is 5.32 Å². The van der Waals surface area contributed by atoms with Crippen LogP contribution in [-0.2, 0) is 25.5 Å². The van der Waals surface area contributed by atoms with Crippen LogP contribution in [0.4, 0.5) is 14.6 Å². The predicted octanol–water partition coefficient (Wildman–Crippen LogP) is 5.77. The first-order valence-electron chi connectivity index (χ1n) is 14.4. The van der Waals surface area contributed by atoms with Gasteiger partial charge in [-0.2, -0.15) is 5.10 Å². The molecule has 1 fully saturated rings. The van der Waals surface area contributed by atoms with E-state index in [4.69, 9.17) is 18.7 Å². The van der Waals surface area contributed by atoms with E-state index >= 15 is 0 Å². The van der Waals surface area contributed by atoms with E-state index in [-0.39, 0.29) is 48.6 Å². The lowest BCUT2D eigenvalue weighted by atomic mass is 10.0. The number of hydrogen-bond acceptors (Lipinski definition) is 10. The van der Waals surface area contributed by atoms with E-state index in [1.807, 2.05) is 20.8 Å². The minimum atomic E-state index is -0.897. The molecule has 0 unspecified atom stereocenters. The molecule has 1 N–H and O–H groups in total. The quantitative estimate of drug-likeness (QED) is 0.221. The molecule has 0 aliphatic carbocycles. The van der Waals surface area contributed by atoms with Crippen molar-refractivity contribution in [1.82, 2.24) is 24.9 Å². The molecule has 1 aliphatic rings. The molecule has 13 heteroatoms. The molecule has 234 valence electrons. The zero-order valence-electron chi connectivity index (χ0n) is 25.3. The average molecular weight is 611 g/mol. The lowest BCUT2D eigenvalue weighted by molar-refractivity contribution is -0.300. The summed E-state index contributed by atoms with van der Waals surface area (Å²) in [5.41, 5.74) is 1.24. The number of carbonyl (C=O) groups is 1. The zero-order valence-corrected chi connectivity index (χ0v) is 25.3. The summed E-state index contributed by atoms with van der Waals surface area (Å²) in [6.07, 6.45) is 2.96. The molecule has 3 aromatic heterocycles. The molecule has 2 atom stereocenters. The summed E-state index contributed by atoms with van der Waals surface area (Å²) in [6.45, 7) is 9.50. The molecule has 0 bridgehead atoms. The van der Waals surface area contributed by atoms with E-state index in [2.05, 4.69) is 25.5 Å². The summed E-state index contributed by atoms with van der Waals surface area (Å²) >= 11 is 0. The van der Waals surface area contributed by atoms with Crippen molar-refractivity contribution in [2.24, 2.45) is 0 Å². The molecule has 0 spiro atoms. The number of hydrogen-bond donors (Lipinski definition) is 1. The maximum Gasteiger partial charge on any atom is 0.308 e. The van der Waals surface area contributed by atoms with Gasteiger partial charge in [0.2, 0.25) is 0 Å². The van der Waals surface area contributed by atoms with Crippen molar-refractivity contribution in [3.63, 3.8) is 0 Å². The van der Waals surface area contributed by atoms with E-state index in [9.17, 15) is 13.6 Å². The highest BCUT2D eigenvalue weighted by Gasteiger charge is 2.37. The van der Waals surface area contributed by atoms with Gasteiger partial charge in [0, 0.05) is 24.6 Å². The number of ether oxygens (including phenoxy) is 3. The molecule has 44 heavy (non-hydrogen) atoms. The zero-order chi connectivity index (χ0) is 31.5. The van der Waals surface area contributed by atoms with Crippen LogP contribution in [0.2, 0.25) is 0 Å². The van der Waals surface area contributed by atoms with Gasteiger partial charge in [0.1, 0.15) is 29.1 Å². The van der Waals surface area contributed by atoms with Crippen molar-refractivity contribution < 1.29 is 32.3 Å². The van der Waals surface area contributed by atoms with Gasteiger partial charge in [-0.1, -0.05) is 23.4 Å². The molecular formula is C31H36F2N6O5.